The highest BCUT2D eigenvalue weighted by atomic mass is 16.5. The standard InChI is InChI=1S/C12H19N7O/c1-13-12-16-10(9-6-15-18-11(9)17-12)14-5-8-7-19(2)3-4-20-8/h6,8H,3-5,7H2,1-2H3,(H3,13,14,15,16,17,18). The average Bonchev–Trinajstić information content (AvgIpc) is 2.93. The van der Waals surface area contributed by atoms with E-state index in [1.165, 1.54) is 0 Å². The average molecular weight is 277 g/mol. The van der Waals surface area contributed by atoms with Gasteiger partial charge in [-0.05, 0) is 7.05 Å². The smallest absolute Gasteiger partial charge is 0.226 e. The van der Waals surface area contributed by atoms with Gasteiger partial charge < -0.3 is 20.3 Å². The number of H-pyrrole nitrogens is 1. The molecule has 1 aliphatic heterocycles. The Kier molecular flexibility index (Phi) is 3.66. The quantitative estimate of drug-likeness (QED) is 0.732. The lowest BCUT2D eigenvalue weighted by molar-refractivity contribution is -0.0117. The molecule has 8 heteroatoms. The van der Waals surface area contributed by atoms with E-state index in [2.05, 4.69) is 42.7 Å². The summed E-state index contributed by atoms with van der Waals surface area (Å²) in [7, 11) is 3.90. The Morgan fingerprint density at radius 1 is 1.50 bits per heavy atom. The van der Waals surface area contributed by atoms with Gasteiger partial charge in [0.25, 0.3) is 0 Å². The van der Waals surface area contributed by atoms with Crippen LogP contribution in [0, 0.1) is 0 Å². The SMILES string of the molecule is CNc1nc(NCC2CN(C)CCO2)c2cn[nH]c2n1. The van der Waals surface area contributed by atoms with Crippen LogP contribution < -0.4 is 10.6 Å². The zero-order valence-corrected chi connectivity index (χ0v) is 11.7. The summed E-state index contributed by atoms with van der Waals surface area (Å²) in [6.45, 7) is 3.39. The van der Waals surface area contributed by atoms with Crippen molar-refractivity contribution < 1.29 is 4.74 Å². The molecule has 1 fully saturated rings. The number of nitrogens with zero attached hydrogens (tertiary/aromatic N) is 4. The molecule has 1 atom stereocenters. The van der Waals surface area contributed by atoms with Gasteiger partial charge in [0.05, 0.1) is 24.3 Å². The Bertz CT molecular complexity index is 584. The van der Waals surface area contributed by atoms with E-state index in [4.69, 9.17) is 4.74 Å². The van der Waals surface area contributed by atoms with Crippen LogP contribution in [-0.2, 0) is 4.74 Å². The van der Waals surface area contributed by atoms with E-state index >= 15 is 0 Å². The summed E-state index contributed by atoms with van der Waals surface area (Å²) in [5.41, 5.74) is 0.716. The molecular weight excluding hydrogens is 258 g/mol. The maximum Gasteiger partial charge on any atom is 0.226 e. The van der Waals surface area contributed by atoms with Crippen molar-refractivity contribution in [3.63, 3.8) is 0 Å². The molecule has 2 aromatic rings. The van der Waals surface area contributed by atoms with Crippen molar-refractivity contribution in [2.75, 3.05) is 51.0 Å². The van der Waals surface area contributed by atoms with Crippen LogP contribution >= 0.6 is 0 Å². The summed E-state index contributed by atoms with van der Waals surface area (Å²) >= 11 is 0. The summed E-state index contributed by atoms with van der Waals surface area (Å²) in [6, 6.07) is 0. The number of aromatic amines is 1. The Morgan fingerprint density at radius 3 is 3.20 bits per heavy atom. The molecule has 108 valence electrons. The molecule has 2 aromatic heterocycles. The van der Waals surface area contributed by atoms with Crippen LogP contribution in [0.2, 0.25) is 0 Å². The summed E-state index contributed by atoms with van der Waals surface area (Å²) in [4.78, 5) is 11.0. The van der Waals surface area contributed by atoms with Gasteiger partial charge in [0.1, 0.15) is 5.82 Å². The van der Waals surface area contributed by atoms with Gasteiger partial charge in [0.15, 0.2) is 5.65 Å². The van der Waals surface area contributed by atoms with E-state index in [0.29, 0.717) is 18.1 Å². The maximum absolute atomic E-state index is 5.73. The number of ether oxygens (including phenoxy) is 1. The number of nitrogens with one attached hydrogen (secondary N) is 3. The second kappa shape index (κ2) is 5.59. The third kappa shape index (κ3) is 2.66. The van der Waals surface area contributed by atoms with Crippen molar-refractivity contribution in [3.8, 4) is 0 Å². The van der Waals surface area contributed by atoms with Crippen LogP contribution in [-0.4, -0.2) is 71.5 Å². The number of hydrogen-bond acceptors (Lipinski definition) is 7. The lowest BCUT2D eigenvalue weighted by Crippen LogP contribution is -2.43. The van der Waals surface area contributed by atoms with Gasteiger partial charge >= 0.3 is 0 Å². The van der Waals surface area contributed by atoms with Gasteiger partial charge in [-0.2, -0.15) is 15.1 Å². The summed E-state index contributed by atoms with van der Waals surface area (Å²) < 4.78 is 5.73. The van der Waals surface area contributed by atoms with E-state index in [1.54, 1.807) is 13.2 Å². The molecule has 1 saturated heterocycles. The topological polar surface area (TPSA) is 91.0 Å². The Hall–Kier alpha value is -1.93. The molecule has 0 spiro atoms. The Labute approximate surface area is 116 Å². The van der Waals surface area contributed by atoms with Crippen LogP contribution in [0.4, 0.5) is 11.8 Å². The van der Waals surface area contributed by atoms with Crippen molar-refractivity contribution in [2.45, 2.75) is 6.10 Å². The van der Waals surface area contributed by atoms with E-state index in [-0.39, 0.29) is 6.10 Å². The number of likely N-dealkylation sites (N-methyl/N-ethyl adjacent to an activating group) is 1. The first kappa shape index (κ1) is 13.1. The minimum Gasteiger partial charge on any atom is -0.374 e. The molecule has 1 aliphatic rings. The minimum absolute atomic E-state index is 0.170. The fourth-order valence-corrected chi connectivity index (χ4v) is 2.28. The van der Waals surface area contributed by atoms with Gasteiger partial charge in [-0.1, -0.05) is 0 Å². The molecule has 0 saturated carbocycles. The van der Waals surface area contributed by atoms with Crippen LogP contribution in [0.3, 0.4) is 0 Å². The van der Waals surface area contributed by atoms with Gasteiger partial charge in [0, 0.05) is 26.7 Å². The lowest BCUT2D eigenvalue weighted by atomic mass is 10.2. The first-order valence-corrected chi connectivity index (χ1v) is 6.69. The van der Waals surface area contributed by atoms with Crippen molar-refractivity contribution in [1.29, 1.82) is 0 Å². The molecule has 0 aliphatic carbocycles. The second-order valence-corrected chi connectivity index (χ2v) is 4.91. The third-order valence-corrected chi connectivity index (χ3v) is 3.37. The number of aromatic nitrogens is 4. The molecular formula is C12H19N7O. The molecule has 3 N–H and O–H groups in total. The zero-order chi connectivity index (χ0) is 13.9. The van der Waals surface area contributed by atoms with Crippen molar-refractivity contribution in [2.24, 2.45) is 0 Å². The number of fused-ring (bicyclic) bond motifs is 1. The monoisotopic (exact) mass is 277 g/mol. The summed E-state index contributed by atoms with van der Waals surface area (Å²) in [6.07, 6.45) is 1.90. The predicted octanol–water partition coefficient (Wildman–Crippen LogP) is 0.137. The lowest BCUT2D eigenvalue weighted by Gasteiger charge is -2.30. The molecule has 3 rings (SSSR count). The molecule has 0 amide bonds. The van der Waals surface area contributed by atoms with E-state index in [0.717, 1.165) is 30.9 Å². The minimum atomic E-state index is 0.170. The molecule has 20 heavy (non-hydrogen) atoms. The first-order valence-electron chi connectivity index (χ1n) is 6.69. The maximum atomic E-state index is 5.73. The van der Waals surface area contributed by atoms with E-state index in [9.17, 15) is 0 Å². The van der Waals surface area contributed by atoms with Crippen molar-refractivity contribution in [3.05, 3.63) is 6.20 Å². The molecule has 1 unspecified atom stereocenters. The van der Waals surface area contributed by atoms with Crippen LogP contribution in [0.15, 0.2) is 6.20 Å². The van der Waals surface area contributed by atoms with Gasteiger partial charge in [-0.25, -0.2) is 0 Å². The van der Waals surface area contributed by atoms with Gasteiger partial charge in [-0.15, -0.1) is 0 Å². The fourth-order valence-electron chi connectivity index (χ4n) is 2.28. The molecule has 3 heterocycles. The third-order valence-electron chi connectivity index (χ3n) is 3.37. The first-order chi connectivity index (χ1) is 9.76. The second-order valence-electron chi connectivity index (χ2n) is 4.91. The number of anilines is 2. The van der Waals surface area contributed by atoms with Crippen LogP contribution in [0.25, 0.3) is 11.0 Å². The predicted molar refractivity (Wildman–Crippen MR) is 77.0 cm³/mol. The van der Waals surface area contributed by atoms with E-state index in [1.807, 2.05) is 0 Å². The number of rotatable bonds is 4. The largest absolute Gasteiger partial charge is 0.374 e. The Balaban J connectivity index is 1.74. The highest BCUT2D eigenvalue weighted by Crippen LogP contribution is 2.20. The molecule has 0 aromatic carbocycles. The van der Waals surface area contributed by atoms with Crippen LogP contribution in [0.5, 0.6) is 0 Å². The summed E-state index contributed by atoms with van der Waals surface area (Å²) in [5, 5.41) is 14.0. The van der Waals surface area contributed by atoms with Crippen LogP contribution in [0.1, 0.15) is 0 Å². The highest BCUT2D eigenvalue weighted by Gasteiger charge is 2.18. The zero-order valence-electron chi connectivity index (χ0n) is 11.7. The molecule has 0 radical (unpaired) electrons. The number of hydrogen-bond donors (Lipinski definition) is 3. The highest BCUT2D eigenvalue weighted by molar-refractivity contribution is 5.86. The molecule has 8 nitrogen and oxygen atoms in total. The summed E-state index contributed by atoms with van der Waals surface area (Å²) in [5.74, 6) is 1.33. The Morgan fingerprint density at radius 2 is 2.40 bits per heavy atom. The normalized spacial score (nSPS) is 20.2. The van der Waals surface area contributed by atoms with Gasteiger partial charge in [0.2, 0.25) is 5.95 Å². The molecule has 0 bridgehead atoms. The van der Waals surface area contributed by atoms with E-state index < -0.39 is 0 Å². The van der Waals surface area contributed by atoms with Gasteiger partial charge in [-0.3, -0.25) is 5.10 Å². The van der Waals surface area contributed by atoms with Crippen molar-refractivity contribution in [1.82, 2.24) is 25.1 Å². The van der Waals surface area contributed by atoms with Crippen molar-refractivity contribution >= 4 is 22.8 Å². The fraction of sp³-hybridized carbons (Fsp3) is 0.583. The number of morpholine rings is 1.